The van der Waals surface area contributed by atoms with Crippen LogP contribution in [-0.2, 0) is 16.0 Å². The average Bonchev–Trinajstić information content (AvgIpc) is 2.75. The molecule has 1 aromatic rings. The number of nitrogens with zero attached hydrogens (tertiary/aromatic N) is 2. The van der Waals surface area contributed by atoms with Crippen molar-refractivity contribution in [2.24, 2.45) is 17.6 Å². The van der Waals surface area contributed by atoms with Crippen molar-refractivity contribution >= 4 is 55.0 Å². The van der Waals surface area contributed by atoms with Gasteiger partial charge < -0.3 is 26.2 Å². The number of Topliss-reactive ketones (excluding diaryl/α,β-unsaturated/α-hetero) is 2. The highest BCUT2D eigenvalue weighted by molar-refractivity contribution is 9.10. The van der Waals surface area contributed by atoms with Gasteiger partial charge in [0.25, 0.3) is 5.91 Å². The Morgan fingerprint density at radius 2 is 1.91 bits per heavy atom. The van der Waals surface area contributed by atoms with Gasteiger partial charge in [0.15, 0.2) is 17.2 Å². The van der Waals surface area contributed by atoms with Crippen molar-refractivity contribution in [1.82, 2.24) is 4.90 Å². The predicted molar refractivity (Wildman–Crippen MR) is 126 cm³/mol. The van der Waals surface area contributed by atoms with Crippen LogP contribution >= 0.6 is 31.9 Å². The van der Waals surface area contributed by atoms with Gasteiger partial charge in [0.1, 0.15) is 21.8 Å². The molecule has 6 N–H and O–H groups in total. The zero-order valence-corrected chi connectivity index (χ0v) is 21.5. The number of phenolic OH excluding ortho intramolecular Hbond substituents is 1. The molecule has 4 rings (SSSR count). The normalized spacial score (nSPS) is 34.4. The molecular formula is C21H21Br2N3O9. The van der Waals surface area contributed by atoms with Crippen molar-refractivity contribution in [3.05, 3.63) is 43.1 Å². The van der Waals surface area contributed by atoms with E-state index in [1.807, 2.05) is 0 Å². The lowest BCUT2D eigenvalue weighted by Gasteiger charge is -2.58. The number of amides is 1. The fraction of sp³-hybridized carbons (Fsp3) is 0.476. The summed E-state index contributed by atoms with van der Waals surface area (Å²) in [6, 6.07) is -0.103. The Labute approximate surface area is 214 Å². The van der Waals surface area contributed by atoms with Crippen molar-refractivity contribution in [2.45, 2.75) is 34.9 Å². The Balaban J connectivity index is 1.98. The number of hydrogen-bond acceptors (Lipinski definition) is 10. The number of likely N-dealkylation sites (N-methyl/N-ethyl adjacent to an activating group) is 1. The molecule has 0 bridgehead atoms. The molecule has 35 heavy (non-hydrogen) atoms. The number of carbonyl (C=O) groups excluding carboxylic acids is 3. The quantitative estimate of drug-likeness (QED) is 0.137. The molecule has 0 aliphatic heterocycles. The SMILES string of the molecule is CN(C)[C@@H]1C(=O)C(C(N)=O)=C(O)[C@@]2(O)C(O)C3(Br)C(=O)c4c(O)c([N+](=O)[O-])cc(Br)c4C[C@H]3C[C@@H]12. The van der Waals surface area contributed by atoms with E-state index in [1.54, 1.807) is 0 Å². The smallest absolute Gasteiger partial charge is 0.312 e. The van der Waals surface area contributed by atoms with Gasteiger partial charge in [-0.05, 0) is 38.4 Å². The lowest BCUT2D eigenvalue weighted by Crippen LogP contribution is -2.74. The second-order valence-electron chi connectivity index (χ2n) is 9.27. The van der Waals surface area contributed by atoms with Gasteiger partial charge in [-0.15, -0.1) is 0 Å². The fourth-order valence-corrected chi connectivity index (χ4v) is 7.26. The molecule has 0 radical (unpaired) electrons. The molecule has 0 spiro atoms. The average molecular weight is 619 g/mol. The molecule has 3 aliphatic carbocycles. The van der Waals surface area contributed by atoms with Gasteiger partial charge in [0.05, 0.1) is 16.5 Å². The van der Waals surface area contributed by atoms with Crippen LogP contribution in [0, 0.1) is 22.0 Å². The molecule has 2 unspecified atom stereocenters. The van der Waals surface area contributed by atoms with Crippen LogP contribution in [0.25, 0.3) is 0 Å². The monoisotopic (exact) mass is 617 g/mol. The number of rotatable bonds is 3. The summed E-state index contributed by atoms with van der Waals surface area (Å²) >= 11 is 6.46. The molecule has 0 saturated heterocycles. The third-order valence-corrected chi connectivity index (χ3v) is 9.53. The molecule has 1 saturated carbocycles. The lowest BCUT2D eigenvalue weighted by atomic mass is 9.53. The summed E-state index contributed by atoms with van der Waals surface area (Å²) in [4.78, 5) is 50.8. The van der Waals surface area contributed by atoms with Crippen molar-refractivity contribution in [3.63, 3.8) is 0 Å². The molecule has 1 amide bonds. The van der Waals surface area contributed by atoms with Gasteiger partial charge in [-0.2, -0.15) is 0 Å². The number of hydrogen-bond donors (Lipinski definition) is 5. The summed E-state index contributed by atoms with van der Waals surface area (Å²) < 4.78 is -1.84. The van der Waals surface area contributed by atoms with E-state index in [4.69, 9.17) is 5.73 Å². The van der Waals surface area contributed by atoms with Gasteiger partial charge in [-0.25, -0.2) is 0 Å². The summed E-state index contributed by atoms with van der Waals surface area (Å²) in [5, 5.41) is 56.1. The number of phenols is 1. The maximum atomic E-state index is 13.8. The Bertz CT molecular complexity index is 1250. The number of halogens is 2. The van der Waals surface area contributed by atoms with Crippen LogP contribution in [0.5, 0.6) is 5.75 Å². The number of aromatic hydroxyl groups is 1. The van der Waals surface area contributed by atoms with E-state index in [-0.39, 0.29) is 22.9 Å². The number of aliphatic hydroxyl groups is 3. The van der Waals surface area contributed by atoms with E-state index >= 15 is 0 Å². The Kier molecular flexibility index (Phi) is 5.92. The maximum Gasteiger partial charge on any atom is 0.312 e. The van der Waals surface area contributed by atoms with Crippen molar-refractivity contribution in [2.75, 3.05) is 14.1 Å². The first-order valence-corrected chi connectivity index (χ1v) is 12.0. The Hall–Kier alpha value is -2.39. The third-order valence-electron chi connectivity index (χ3n) is 7.38. The second kappa shape index (κ2) is 8.06. The number of primary amides is 1. The minimum absolute atomic E-state index is 0.0175. The number of aliphatic hydroxyl groups excluding tert-OH is 2. The number of nitro benzene ring substituents is 1. The van der Waals surface area contributed by atoms with Crippen molar-refractivity contribution in [3.8, 4) is 5.75 Å². The number of fused-ring (bicyclic) bond motifs is 3. The number of nitrogens with two attached hydrogens (primary N) is 1. The van der Waals surface area contributed by atoms with Crippen LogP contribution in [-0.4, -0.2) is 83.9 Å². The Morgan fingerprint density at radius 1 is 1.31 bits per heavy atom. The zero-order valence-electron chi connectivity index (χ0n) is 18.4. The maximum absolute atomic E-state index is 13.8. The summed E-state index contributed by atoms with van der Waals surface area (Å²) in [7, 11) is 3.03. The number of alkyl halides is 1. The lowest BCUT2D eigenvalue weighted by molar-refractivity contribution is -0.386. The first kappa shape index (κ1) is 25.7. The highest BCUT2D eigenvalue weighted by atomic mass is 79.9. The van der Waals surface area contributed by atoms with E-state index in [2.05, 4.69) is 31.9 Å². The number of carbonyl (C=O) groups is 3. The van der Waals surface area contributed by atoms with Crippen LogP contribution in [0.15, 0.2) is 21.9 Å². The fourth-order valence-electron chi connectivity index (χ4n) is 5.79. The number of nitro groups is 1. The highest BCUT2D eigenvalue weighted by Gasteiger charge is 2.71. The van der Waals surface area contributed by atoms with Gasteiger partial charge in [0, 0.05) is 16.5 Å². The summed E-state index contributed by atoms with van der Waals surface area (Å²) in [6.07, 6.45) is -2.20. The van der Waals surface area contributed by atoms with E-state index in [1.165, 1.54) is 19.0 Å². The summed E-state index contributed by atoms with van der Waals surface area (Å²) in [5.41, 5.74) is 0.856. The van der Waals surface area contributed by atoms with E-state index in [9.17, 15) is 44.9 Å². The van der Waals surface area contributed by atoms with Crippen LogP contribution in [0.2, 0.25) is 0 Å². The highest BCUT2D eigenvalue weighted by Crippen LogP contribution is 2.59. The van der Waals surface area contributed by atoms with Crippen molar-refractivity contribution in [1.29, 1.82) is 0 Å². The van der Waals surface area contributed by atoms with Crippen LogP contribution in [0.1, 0.15) is 22.3 Å². The van der Waals surface area contributed by atoms with Crippen molar-refractivity contribution < 1.29 is 39.7 Å². The first-order valence-electron chi connectivity index (χ1n) is 10.4. The number of ketones is 2. The second-order valence-corrected chi connectivity index (χ2v) is 11.4. The standard InChI is InChI=1S/C21H21Br2N3O9/c1-25(2)13-8-4-6-3-7-9(22)5-10(26(34)35)14(27)11(7)16(29)20(6,23)19(32)21(8,33)17(30)12(15(13)28)18(24)31/h5-6,8,13,19,27,30,32-33H,3-4H2,1-2H3,(H2,24,31)/t6-,8-,13-,19?,20?,21+/m0/s1. The minimum Gasteiger partial charge on any atom is -0.508 e. The number of benzene rings is 1. The molecule has 0 heterocycles. The molecule has 188 valence electrons. The van der Waals surface area contributed by atoms with Gasteiger partial charge in [-0.3, -0.25) is 29.4 Å². The summed E-state index contributed by atoms with van der Waals surface area (Å²) in [6.45, 7) is 0. The molecule has 1 aromatic carbocycles. The molecule has 1 fully saturated rings. The molecule has 12 nitrogen and oxygen atoms in total. The van der Waals surface area contributed by atoms with Gasteiger partial charge in [0.2, 0.25) is 5.75 Å². The summed E-state index contributed by atoms with van der Waals surface area (Å²) in [5.74, 6) is -7.10. The van der Waals surface area contributed by atoms with E-state index < -0.39 is 84.6 Å². The molecular weight excluding hydrogens is 598 g/mol. The van der Waals surface area contributed by atoms with Gasteiger partial charge >= 0.3 is 5.69 Å². The first-order chi connectivity index (χ1) is 16.1. The largest absolute Gasteiger partial charge is 0.508 e. The van der Waals surface area contributed by atoms with E-state index in [0.717, 1.165) is 6.07 Å². The minimum atomic E-state index is -2.66. The molecule has 14 heteroatoms. The van der Waals surface area contributed by atoms with Crippen LogP contribution < -0.4 is 5.73 Å². The zero-order chi connectivity index (χ0) is 26.4. The topological polar surface area (TPSA) is 205 Å². The van der Waals surface area contributed by atoms with Crippen LogP contribution in [0.4, 0.5) is 5.69 Å². The van der Waals surface area contributed by atoms with Gasteiger partial charge in [-0.1, -0.05) is 31.9 Å². The predicted octanol–water partition coefficient (Wildman–Crippen LogP) is 0.474. The molecule has 0 aromatic heterocycles. The van der Waals surface area contributed by atoms with Crippen LogP contribution in [0.3, 0.4) is 0 Å². The molecule has 6 atom stereocenters. The van der Waals surface area contributed by atoms with E-state index in [0.29, 0.717) is 0 Å². The molecule has 3 aliphatic rings. The third kappa shape index (κ3) is 3.16. The Morgan fingerprint density at radius 3 is 2.43 bits per heavy atom.